The van der Waals surface area contributed by atoms with Crippen molar-refractivity contribution in [1.29, 1.82) is 0 Å². The first kappa shape index (κ1) is 18.5. The van der Waals surface area contributed by atoms with Gasteiger partial charge in [-0.1, -0.05) is 18.2 Å². The zero-order valence-electron chi connectivity index (χ0n) is 16.3. The molecule has 2 aliphatic heterocycles. The van der Waals surface area contributed by atoms with Crippen LogP contribution in [0.5, 0.6) is 5.75 Å². The second-order valence-corrected chi connectivity index (χ2v) is 7.33. The van der Waals surface area contributed by atoms with Gasteiger partial charge >= 0.3 is 0 Å². The summed E-state index contributed by atoms with van der Waals surface area (Å²) in [7, 11) is 0. The van der Waals surface area contributed by atoms with E-state index in [1.165, 1.54) is 12.8 Å². The van der Waals surface area contributed by atoms with Gasteiger partial charge in [0.1, 0.15) is 5.75 Å². The van der Waals surface area contributed by atoms with Gasteiger partial charge in [-0.25, -0.2) is 0 Å². The molecule has 28 heavy (non-hydrogen) atoms. The number of aromatic nitrogens is 2. The summed E-state index contributed by atoms with van der Waals surface area (Å²) in [6, 6.07) is 13.6. The molecule has 2 saturated heterocycles. The van der Waals surface area contributed by atoms with E-state index in [4.69, 9.17) is 4.74 Å². The van der Waals surface area contributed by atoms with Crippen LogP contribution in [0.2, 0.25) is 0 Å². The Morgan fingerprint density at radius 1 is 0.857 bits per heavy atom. The molecule has 0 bridgehead atoms. The van der Waals surface area contributed by atoms with Crippen LogP contribution in [0.25, 0.3) is 0 Å². The Labute approximate surface area is 165 Å². The number of benzene rings is 1. The highest BCUT2D eigenvalue weighted by Gasteiger charge is 2.27. The average Bonchev–Trinajstić information content (AvgIpc) is 3.29. The Kier molecular flexibility index (Phi) is 5.60. The van der Waals surface area contributed by atoms with Gasteiger partial charge in [0.2, 0.25) is 0 Å². The Balaban J connectivity index is 1.29. The lowest BCUT2D eigenvalue weighted by Crippen LogP contribution is -2.52. The summed E-state index contributed by atoms with van der Waals surface area (Å²) in [5.74, 6) is 2.58. The number of piperazine rings is 1. The zero-order chi connectivity index (χ0) is 19.3. The van der Waals surface area contributed by atoms with E-state index >= 15 is 0 Å². The molecule has 4 rings (SSSR count). The van der Waals surface area contributed by atoms with Gasteiger partial charge in [0.15, 0.2) is 17.7 Å². The highest BCUT2D eigenvalue weighted by molar-refractivity contribution is 5.81. The number of carbonyl (C=O) groups is 1. The normalized spacial score (nSPS) is 18.2. The van der Waals surface area contributed by atoms with Crippen LogP contribution in [-0.2, 0) is 4.79 Å². The summed E-state index contributed by atoms with van der Waals surface area (Å²) < 4.78 is 5.77. The molecule has 0 aliphatic carbocycles. The minimum Gasteiger partial charge on any atom is -0.481 e. The average molecular weight is 381 g/mol. The van der Waals surface area contributed by atoms with E-state index < -0.39 is 6.10 Å². The van der Waals surface area contributed by atoms with Crippen LogP contribution in [0.15, 0.2) is 42.5 Å². The minimum absolute atomic E-state index is 0.0268. The van der Waals surface area contributed by atoms with Gasteiger partial charge in [-0.3, -0.25) is 4.79 Å². The van der Waals surface area contributed by atoms with Gasteiger partial charge in [-0.05, 0) is 44.0 Å². The quantitative estimate of drug-likeness (QED) is 0.791. The minimum atomic E-state index is -0.492. The first-order valence-corrected chi connectivity index (χ1v) is 10.0. The van der Waals surface area contributed by atoms with Crippen molar-refractivity contribution in [1.82, 2.24) is 15.1 Å². The molecule has 2 aliphatic rings. The van der Waals surface area contributed by atoms with Crippen molar-refractivity contribution in [3.8, 4) is 5.75 Å². The molecule has 0 saturated carbocycles. The first-order chi connectivity index (χ1) is 13.7. The number of hydrogen-bond acceptors (Lipinski definition) is 6. The van der Waals surface area contributed by atoms with Gasteiger partial charge in [-0.2, -0.15) is 0 Å². The lowest BCUT2D eigenvalue weighted by Gasteiger charge is -2.36. The molecule has 0 unspecified atom stereocenters. The topological polar surface area (TPSA) is 61.8 Å². The number of rotatable bonds is 5. The van der Waals surface area contributed by atoms with Crippen molar-refractivity contribution in [2.75, 3.05) is 49.1 Å². The fourth-order valence-corrected chi connectivity index (χ4v) is 3.77. The molecule has 1 amide bonds. The fraction of sp³-hybridized carbons (Fsp3) is 0.476. The first-order valence-electron chi connectivity index (χ1n) is 10.0. The van der Waals surface area contributed by atoms with E-state index in [-0.39, 0.29) is 5.91 Å². The summed E-state index contributed by atoms with van der Waals surface area (Å²) >= 11 is 0. The predicted molar refractivity (Wildman–Crippen MR) is 109 cm³/mol. The molecule has 2 fully saturated rings. The van der Waals surface area contributed by atoms with Crippen molar-refractivity contribution in [2.24, 2.45) is 0 Å². The van der Waals surface area contributed by atoms with Crippen LogP contribution >= 0.6 is 0 Å². The molecular formula is C21H27N5O2. The zero-order valence-corrected chi connectivity index (χ0v) is 16.3. The van der Waals surface area contributed by atoms with Crippen molar-refractivity contribution < 1.29 is 9.53 Å². The van der Waals surface area contributed by atoms with Crippen LogP contribution in [0.4, 0.5) is 11.6 Å². The molecule has 1 atom stereocenters. The van der Waals surface area contributed by atoms with Crippen LogP contribution < -0.4 is 14.5 Å². The Morgan fingerprint density at radius 2 is 1.43 bits per heavy atom. The molecule has 3 heterocycles. The third-order valence-corrected chi connectivity index (χ3v) is 5.39. The van der Waals surface area contributed by atoms with Gasteiger partial charge < -0.3 is 19.4 Å². The third kappa shape index (κ3) is 4.18. The Bertz CT molecular complexity index is 769. The largest absolute Gasteiger partial charge is 0.481 e. The van der Waals surface area contributed by atoms with Crippen molar-refractivity contribution in [2.45, 2.75) is 25.9 Å². The lowest BCUT2D eigenvalue weighted by molar-refractivity contribution is -0.138. The van der Waals surface area contributed by atoms with Crippen molar-refractivity contribution >= 4 is 17.5 Å². The summed E-state index contributed by atoms with van der Waals surface area (Å²) in [6.07, 6.45) is 1.96. The van der Waals surface area contributed by atoms with Gasteiger partial charge in [0.05, 0.1) is 0 Å². The SMILES string of the molecule is C[C@H](Oc1ccccc1)C(=O)N1CCN(c2ccc(N3CCCC3)nn2)CC1. The van der Waals surface area contributed by atoms with Crippen LogP contribution in [-0.4, -0.2) is 66.4 Å². The summed E-state index contributed by atoms with van der Waals surface area (Å²) in [6.45, 7) is 6.77. The third-order valence-electron chi connectivity index (χ3n) is 5.39. The maximum absolute atomic E-state index is 12.7. The monoisotopic (exact) mass is 381 g/mol. The predicted octanol–water partition coefficient (Wildman–Crippen LogP) is 2.19. The number of hydrogen-bond donors (Lipinski definition) is 0. The van der Waals surface area contributed by atoms with Crippen molar-refractivity contribution in [3.05, 3.63) is 42.5 Å². The maximum Gasteiger partial charge on any atom is 0.263 e. The maximum atomic E-state index is 12.7. The summed E-state index contributed by atoms with van der Waals surface area (Å²) in [4.78, 5) is 19.0. The van der Waals surface area contributed by atoms with Gasteiger partial charge in [0, 0.05) is 39.3 Å². The number of nitrogens with zero attached hydrogens (tertiary/aromatic N) is 5. The van der Waals surface area contributed by atoms with E-state index in [9.17, 15) is 4.79 Å². The molecule has 1 aromatic heterocycles. The van der Waals surface area contributed by atoms with E-state index in [0.29, 0.717) is 13.1 Å². The molecule has 0 N–H and O–H groups in total. The lowest BCUT2D eigenvalue weighted by atomic mass is 10.2. The number of ether oxygens (including phenoxy) is 1. The Morgan fingerprint density at radius 3 is 2.00 bits per heavy atom. The molecule has 148 valence electrons. The van der Waals surface area contributed by atoms with Crippen LogP contribution in [0.3, 0.4) is 0 Å². The molecule has 7 nitrogen and oxygen atoms in total. The smallest absolute Gasteiger partial charge is 0.263 e. The number of para-hydroxylation sites is 1. The van der Waals surface area contributed by atoms with E-state index in [2.05, 4.69) is 26.1 Å². The molecule has 0 spiro atoms. The van der Waals surface area contributed by atoms with E-state index in [0.717, 1.165) is 43.6 Å². The highest BCUT2D eigenvalue weighted by atomic mass is 16.5. The van der Waals surface area contributed by atoms with Crippen molar-refractivity contribution in [3.63, 3.8) is 0 Å². The van der Waals surface area contributed by atoms with Crippen LogP contribution in [0.1, 0.15) is 19.8 Å². The number of anilines is 2. The molecule has 0 radical (unpaired) electrons. The highest BCUT2D eigenvalue weighted by Crippen LogP contribution is 2.20. The van der Waals surface area contributed by atoms with E-state index in [1.807, 2.05) is 48.2 Å². The number of carbonyl (C=O) groups excluding carboxylic acids is 1. The summed E-state index contributed by atoms with van der Waals surface area (Å²) in [5, 5.41) is 8.81. The van der Waals surface area contributed by atoms with Gasteiger partial charge in [0.25, 0.3) is 5.91 Å². The van der Waals surface area contributed by atoms with E-state index in [1.54, 1.807) is 0 Å². The van der Waals surface area contributed by atoms with Crippen LogP contribution in [0, 0.1) is 0 Å². The molecule has 7 heteroatoms. The van der Waals surface area contributed by atoms with Gasteiger partial charge in [-0.15, -0.1) is 10.2 Å². The fourth-order valence-electron chi connectivity index (χ4n) is 3.77. The Hall–Kier alpha value is -2.83. The second kappa shape index (κ2) is 8.46. The molecule has 1 aromatic carbocycles. The molecular weight excluding hydrogens is 354 g/mol. The summed E-state index contributed by atoms with van der Waals surface area (Å²) in [5.41, 5.74) is 0. The second-order valence-electron chi connectivity index (χ2n) is 7.33. The number of amides is 1. The standard InChI is InChI=1S/C21H27N5O2/c1-17(28-18-7-3-2-4-8-18)21(27)26-15-13-25(14-16-26)20-10-9-19(22-23-20)24-11-5-6-12-24/h2-4,7-10,17H,5-6,11-16H2,1H3/t17-/m0/s1. The molecule has 2 aromatic rings.